The zero-order chi connectivity index (χ0) is 21.8. The summed E-state index contributed by atoms with van der Waals surface area (Å²) in [7, 11) is 0. The molecular weight excluding hydrogens is 419 g/mol. The van der Waals surface area contributed by atoms with Crippen molar-refractivity contribution in [3.8, 4) is 0 Å². The number of amides is 2. The first-order valence-corrected chi connectivity index (χ1v) is 11.0. The van der Waals surface area contributed by atoms with Crippen molar-refractivity contribution in [3.05, 3.63) is 58.9 Å². The number of para-hydroxylation sites is 2. The molecule has 2 aromatic rings. The van der Waals surface area contributed by atoms with Gasteiger partial charge in [-0.05, 0) is 30.7 Å². The molecule has 2 saturated heterocycles. The highest BCUT2D eigenvalue weighted by Crippen LogP contribution is 2.29. The molecule has 0 atom stereocenters. The van der Waals surface area contributed by atoms with E-state index in [-0.39, 0.29) is 24.2 Å². The topological polar surface area (TPSA) is 55.9 Å². The number of carbonyl (C=O) groups is 2. The molecule has 0 spiro atoms. The first kappa shape index (κ1) is 21.7. The quantitative estimate of drug-likeness (QED) is 0.742. The highest BCUT2D eigenvalue weighted by atomic mass is 35.5. The monoisotopic (exact) mass is 444 g/mol. The molecule has 0 aromatic heterocycles. The van der Waals surface area contributed by atoms with Crippen LogP contribution in [0.4, 0.5) is 15.8 Å². The minimum Gasteiger partial charge on any atom is -0.323 e. The predicted octanol–water partition coefficient (Wildman–Crippen LogP) is 3.36. The number of anilines is 2. The van der Waals surface area contributed by atoms with Crippen molar-refractivity contribution in [2.75, 3.05) is 49.5 Å². The second-order valence-corrected chi connectivity index (χ2v) is 8.37. The smallest absolute Gasteiger partial charge is 0.238 e. The number of halogens is 2. The van der Waals surface area contributed by atoms with Gasteiger partial charge in [-0.15, -0.1) is 0 Å². The van der Waals surface area contributed by atoms with Gasteiger partial charge in [-0.25, -0.2) is 4.39 Å². The van der Waals surface area contributed by atoms with Gasteiger partial charge in [0, 0.05) is 56.3 Å². The van der Waals surface area contributed by atoms with E-state index in [2.05, 4.69) is 15.1 Å². The van der Waals surface area contributed by atoms with Gasteiger partial charge >= 0.3 is 0 Å². The number of hydrogen-bond donors (Lipinski definition) is 1. The summed E-state index contributed by atoms with van der Waals surface area (Å²) in [6.07, 6.45) is 1.38. The summed E-state index contributed by atoms with van der Waals surface area (Å²) in [6.45, 7) is 4.31. The third-order valence-electron chi connectivity index (χ3n) is 5.82. The Balaban J connectivity index is 1.30. The predicted molar refractivity (Wildman–Crippen MR) is 120 cm³/mol. The Morgan fingerprint density at radius 2 is 1.74 bits per heavy atom. The normalized spacial score (nSPS) is 17.9. The summed E-state index contributed by atoms with van der Waals surface area (Å²) in [4.78, 5) is 30.7. The molecule has 0 radical (unpaired) electrons. The Kier molecular flexibility index (Phi) is 6.85. The van der Waals surface area contributed by atoms with Gasteiger partial charge in [-0.2, -0.15) is 0 Å². The Hall–Kier alpha value is -2.48. The molecule has 0 unspecified atom stereocenters. The fourth-order valence-corrected chi connectivity index (χ4v) is 4.35. The summed E-state index contributed by atoms with van der Waals surface area (Å²) >= 11 is 6.14. The van der Waals surface area contributed by atoms with E-state index in [4.69, 9.17) is 11.6 Å². The number of hydrogen-bond acceptors (Lipinski definition) is 4. The average molecular weight is 445 g/mol. The number of nitrogens with one attached hydrogen (secondary N) is 1. The van der Waals surface area contributed by atoms with Crippen molar-refractivity contribution in [2.24, 2.45) is 0 Å². The maximum atomic E-state index is 14.0. The molecular formula is C23H26ClFN4O2. The number of benzene rings is 2. The summed E-state index contributed by atoms with van der Waals surface area (Å²) in [6, 6.07) is 12.2. The van der Waals surface area contributed by atoms with E-state index in [9.17, 15) is 14.0 Å². The lowest BCUT2D eigenvalue weighted by molar-refractivity contribution is -0.118. The Morgan fingerprint density at radius 1 is 1.00 bits per heavy atom. The highest BCUT2D eigenvalue weighted by molar-refractivity contribution is 6.31. The highest BCUT2D eigenvalue weighted by Gasteiger charge is 2.25. The summed E-state index contributed by atoms with van der Waals surface area (Å²) in [5, 5.41) is 3.41. The van der Waals surface area contributed by atoms with Crippen LogP contribution < -0.4 is 10.2 Å². The molecule has 31 heavy (non-hydrogen) atoms. The molecule has 4 rings (SSSR count). The van der Waals surface area contributed by atoms with Crippen LogP contribution in [0.5, 0.6) is 0 Å². The van der Waals surface area contributed by atoms with Crippen LogP contribution in [0.25, 0.3) is 0 Å². The van der Waals surface area contributed by atoms with E-state index in [1.807, 2.05) is 24.3 Å². The van der Waals surface area contributed by atoms with Crippen LogP contribution in [-0.2, 0) is 16.1 Å². The molecule has 0 aliphatic carbocycles. The summed E-state index contributed by atoms with van der Waals surface area (Å²) in [5.41, 5.74) is 1.93. The summed E-state index contributed by atoms with van der Waals surface area (Å²) < 4.78 is 14.0. The number of rotatable bonds is 6. The van der Waals surface area contributed by atoms with Gasteiger partial charge in [0.05, 0.1) is 17.9 Å². The molecule has 1 N–H and O–H groups in total. The van der Waals surface area contributed by atoms with Crippen molar-refractivity contribution < 1.29 is 14.0 Å². The van der Waals surface area contributed by atoms with Gasteiger partial charge in [0.2, 0.25) is 11.8 Å². The van der Waals surface area contributed by atoms with Crippen LogP contribution in [0.15, 0.2) is 42.5 Å². The Morgan fingerprint density at radius 3 is 2.45 bits per heavy atom. The van der Waals surface area contributed by atoms with Crippen LogP contribution in [0.1, 0.15) is 18.4 Å². The van der Waals surface area contributed by atoms with E-state index in [1.54, 1.807) is 17.0 Å². The largest absolute Gasteiger partial charge is 0.323 e. The number of piperazine rings is 1. The van der Waals surface area contributed by atoms with E-state index in [0.29, 0.717) is 48.9 Å². The van der Waals surface area contributed by atoms with Gasteiger partial charge in [-0.1, -0.05) is 29.8 Å². The third-order valence-corrected chi connectivity index (χ3v) is 6.17. The van der Waals surface area contributed by atoms with Crippen molar-refractivity contribution in [3.63, 3.8) is 0 Å². The first-order valence-electron chi connectivity index (χ1n) is 10.6. The Bertz CT molecular complexity index is 942. The molecule has 2 aliphatic rings. The van der Waals surface area contributed by atoms with Gasteiger partial charge in [0.15, 0.2) is 0 Å². The van der Waals surface area contributed by atoms with Crippen LogP contribution in [-0.4, -0.2) is 60.9 Å². The maximum absolute atomic E-state index is 14.0. The van der Waals surface area contributed by atoms with Gasteiger partial charge < -0.3 is 10.2 Å². The molecule has 2 aromatic carbocycles. The third kappa shape index (κ3) is 5.23. The fraction of sp³-hybridized carbons (Fsp3) is 0.391. The van der Waals surface area contributed by atoms with Crippen molar-refractivity contribution in [1.29, 1.82) is 0 Å². The van der Waals surface area contributed by atoms with Crippen LogP contribution in [0, 0.1) is 5.82 Å². The number of nitrogens with zero attached hydrogens (tertiary/aromatic N) is 3. The molecule has 2 heterocycles. The maximum Gasteiger partial charge on any atom is 0.238 e. The second-order valence-electron chi connectivity index (χ2n) is 7.97. The lowest BCUT2D eigenvalue weighted by Crippen LogP contribution is -2.48. The van der Waals surface area contributed by atoms with Crippen molar-refractivity contribution >= 4 is 34.8 Å². The van der Waals surface area contributed by atoms with E-state index >= 15 is 0 Å². The average Bonchev–Trinajstić information content (AvgIpc) is 3.18. The molecule has 0 bridgehead atoms. The van der Waals surface area contributed by atoms with Gasteiger partial charge in [0.25, 0.3) is 0 Å². The van der Waals surface area contributed by atoms with Gasteiger partial charge in [0.1, 0.15) is 5.82 Å². The Labute approximate surface area is 186 Å². The van der Waals surface area contributed by atoms with E-state index in [0.717, 1.165) is 25.2 Å². The fourth-order valence-electron chi connectivity index (χ4n) is 4.12. The molecule has 164 valence electrons. The first-order chi connectivity index (χ1) is 15.0. The van der Waals surface area contributed by atoms with Crippen molar-refractivity contribution in [2.45, 2.75) is 19.4 Å². The zero-order valence-corrected chi connectivity index (χ0v) is 18.1. The standard InChI is InChI=1S/C23H26ClFN4O2/c24-18-5-3-6-19(25)17(18)15-27-11-13-28(14-12-27)16-22(30)26-20-7-1-2-8-21(20)29-10-4-9-23(29)31/h1-3,5-8H,4,9-16H2,(H,26,30). The minimum absolute atomic E-state index is 0.0905. The molecule has 2 amide bonds. The molecule has 0 saturated carbocycles. The zero-order valence-electron chi connectivity index (χ0n) is 17.3. The van der Waals surface area contributed by atoms with E-state index in [1.165, 1.54) is 6.07 Å². The van der Waals surface area contributed by atoms with Crippen LogP contribution in [0.2, 0.25) is 5.02 Å². The van der Waals surface area contributed by atoms with Gasteiger partial charge in [-0.3, -0.25) is 19.4 Å². The van der Waals surface area contributed by atoms with Crippen molar-refractivity contribution in [1.82, 2.24) is 9.80 Å². The second kappa shape index (κ2) is 9.77. The number of carbonyl (C=O) groups excluding carboxylic acids is 2. The SMILES string of the molecule is O=C(CN1CCN(Cc2c(F)cccc2Cl)CC1)Nc1ccccc1N1CCCC1=O. The lowest BCUT2D eigenvalue weighted by Gasteiger charge is -2.34. The lowest BCUT2D eigenvalue weighted by atomic mass is 10.2. The molecule has 2 aliphatic heterocycles. The van der Waals surface area contributed by atoms with Crippen LogP contribution >= 0.6 is 11.6 Å². The molecule has 8 heteroatoms. The van der Waals surface area contributed by atoms with Crippen LogP contribution in [0.3, 0.4) is 0 Å². The minimum atomic E-state index is -0.288. The summed E-state index contributed by atoms with van der Waals surface area (Å²) in [5.74, 6) is -0.304. The molecule has 6 nitrogen and oxygen atoms in total. The molecule has 2 fully saturated rings. The van der Waals surface area contributed by atoms with E-state index < -0.39 is 0 Å².